The summed E-state index contributed by atoms with van der Waals surface area (Å²) < 4.78 is 0. The molecule has 4 N–H and O–H groups in total. The molecule has 1 fully saturated rings. The van der Waals surface area contributed by atoms with Gasteiger partial charge in [-0.15, -0.1) is 0 Å². The van der Waals surface area contributed by atoms with Crippen LogP contribution in [0.1, 0.15) is 11.3 Å². The molecule has 0 radical (unpaired) electrons. The zero-order valence-electron chi connectivity index (χ0n) is 16.5. The Labute approximate surface area is 180 Å². The molecule has 0 aromatic carbocycles. The third-order valence-electron chi connectivity index (χ3n) is 4.76. The Morgan fingerprint density at radius 3 is 2.60 bits per heavy atom. The highest BCUT2D eigenvalue weighted by Crippen LogP contribution is 2.26. The fourth-order valence-corrected chi connectivity index (χ4v) is 3.37. The number of halogens is 1. The van der Waals surface area contributed by atoms with E-state index in [0.717, 1.165) is 54.6 Å². The first-order valence-corrected chi connectivity index (χ1v) is 9.96. The number of nitrogens with zero attached hydrogens (tertiary/aromatic N) is 4. The number of aromatic amines is 1. The van der Waals surface area contributed by atoms with Gasteiger partial charge in [-0.2, -0.15) is 5.10 Å². The van der Waals surface area contributed by atoms with Crippen molar-refractivity contribution in [2.45, 2.75) is 0 Å². The first-order valence-electron chi connectivity index (χ1n) is 9.58. The molecule has 8 nitrogen and oxygen atoms in total. The number of aromatic nitrogens is 4. The predicted molar refractivity (Wildman–Crippen MR) is 122 cm³/mol. The van der Waals surface area contributed by atoms with E-state index >= 15 is 0 Å². The first kappa shape index (κ1) is 19.9. The second kappa shape index (κ2) is 8.98. The molecule has 3 aromatic heterocycles. The van der Waals surface area contributed by atoms with Crippen LogP contribution in [0.15, 0.2) is 56.1 Å². The Morgan fingerprint density at radius 1 is 1.03 bits per heavy atom. The summed E-state index contributed by atoms with van der Waals surface area (Å²) in [5.41, 5.74) is 4.41. The molecule has 4 rings (SSSR count). The quantitative estimate of drug-likeness (QED) is 0.463. The van der Waals surface area contributed by atoms with E-state index in [0.29, 0.717) is 16.4 Å². The van der Waals surface area contributed by atoms with Gasteiger partial charge < -0.3 is 20.9 Å². The molecular weight excluding hydrogens is 400 g/mol. The molecule has 0 unspecified atom stereocenters. The van der Waals surface area contributed by atoms with Crippen molar-refractivity contribution in [1.82, 2.24) is 25.5 Å². The maximum absolute atomic E-state index is 6.02. The van der Waals surface area contributed by atoms with Gasteiger partial charge in [0.05, 0.1) is 34.5 Å². The van der Waals surface area contributed by atoms with Gasteiger partial charge in [0.1, 0.15) is 11.5 Å². The van der Waals surface area contributed by atoms with Gasteiger partial charge in [-0.05, 0) is 18.2 Å². The molecular formula is C21H23ClN8. The van der Waals surface area contributed by atoms with Gasteiger partial charge in [0.2, 0.25) is 0 Å². The maximum Gasteiger partial charge on any atom is 0.128 e. The summed E-state index contributed by atoms with van der Waals surface area (Å²) in [6, 6.07) is 5.80. The Bertz CT molecular complexity index is 1040. The van der Waals surface area contributed by atoms with Crippen molar-refractivity contribution in [2.75, 3.05) is 41.7 Å². The van der Waals surface area contributed by atoms with Crippen molar-refractivity contribution in [1.29, 1.82) is 0 Å². The minimum absolute atomic E-state index is 0.547. The maximum atomic E-state index is 6.02. The van der Waals surface area contributed by atoms with E-state index in [1.54, 1.807) is 24.7 Å². The van der Waals surface area contributed by atoms with Crippen LogP contribution in [0.2, 0.25) is 5.02 Å². The van der Waals surface area contributed by atoms with Crippen LogP contribution in [0.25, 0.3) is 11.4 Å². The number of piperazine rings is 1. The number of nitrogens with one attached hydrogen (secondary N) is 4. The lowest BCUT2D eigenvalue weighted by molar-refractivity contribution is 0.585. The SMILES string of the molecule is C=C(Nc1cn[nH]c1C(=C)Nc1ccc(N2CCNCC2)nc1)c1cncc(Cl)c1. The molecule has 0 saturated carbocycles. The molecule has 0 bridgehead atoms. The molecule has 4 heterocycles. The Morgan fingerprint density at radius 2 is 1.87 bits per heavy atom. The molecule has 9 heteroatoms. The van der Waals surface area contributed by atoms with Gasteiger partial charge in [0.25, 0.3) is 0 Å². The summed E-state index contributed by atoms with van der Waals surface area (Å²) in [6.07, 6.45) is 6.76. The number of pyridine rings is 2. The normalized spacial score (nSPS) is 13.7. The van der Waals surface area contributed by atoms with Crippen LogP contribution in [0, 0.1) is 0 Å². The van der Waals surface area contributed by atoms with Gasteiger partial charge in [-0.1, -0.05) is 24.8 Å². The summed E-state index contributed by atoms with van der Waals surface area (Å²) in [4.78, 5) is 10.9. The minimum Gasteiger partial charge on any atom is -0.354 e. The van der Waals surface area contributed by atoms with Gasteiger partial charge in [-0.25, -0.2) is 4.98 Å². The van der Waals surface area contributed by atoms with E-state index in [1.807, 2.05) is 18.3 Å². The summed E-state index contributed by atoms with van der Waals surface area (Å²) in [5, 5.41) is 17.5. The molecule has 1 aliphatic rings. The Kier molecular flexibility index (Phi) is 5.97. The zero-order chi connectivity index (χ0) is 20.9. The van der Waals surface area contributed by atoms with Crippen LogP contribution in [0.3, 0.4) is 0 Å². The number of rotatable bonds is 7. The molecule has 1 saturated heterocycles. The molecule has 0 amide bonds. The van der Waals surface area contributed by atoms with Gasteiger partial charge in [0.15, 0.2) is 0 Å². The fourth-order valence-electron chi connectivity index (χ4n) is 3.20. The summed E-state index contributed by atoms with van der Waals surface area (Å²) >= 11 is 6.02. The monoisotopic (exact) mass is 422 g/mol. The van der Waals surface area contributed by atoms with Crippen molar-refractivity contribution in [2.24, 2.45) is 0 Å². The average molecular weight is 423 g/mol. The number of hydrogen-bond acceptors (Lipinski definition) is 7. The molecule has 0 atom stereocenters. The van der Waals surface area contributed by atoms with Crippen molar-refractivity contribution < 1.29 is 0 Å². The fraction of sp³-hybridized carbons (Fsp3) is 0.190. The van der Waals surface area contributed by atoms with E-state index in [4.69, 9.17) is 11.6 Å². The molecule has 0 spiro atoms. The van der Waals surface area contributed by atoms with Gasteiger partial charge in [-0.3, -0.25) is 10.1 Å². The third-order valence-corrected chi connectivity index (χ3v) is 4.97. The van der Waals surface area contributed by atoms with Crippen LogP contribution in [0.5, 0.6) is 0 Å². The van der Waals surface area contributed by atoms with Crippen LogP contribution >= 0.6 is 11.6 Å². The largest absolute Gasteiger partial charge is 0.354 e. The van der Waals surface area contributed by atoms with Crippen LogP contribution in [-0.4, -0.2) is 46.3 Å². The van der Waals surface area contributed by atoms with Crippen molar-refractivity contribution in [3.8, 4) is 0 Å². The van der Waals surface area contributed by atoms with E-state index < -0.39 is 0 Å². The highest BCUT2D eigenvalue weighted by Gasteiger charge is 2.13. The van der Waals surface area contributed by atoms with Crippen LogP contribution < -0.4 is 20.9 Å². The lowest BCUT2D eigenvalue weighted by Gasteiger charge is -2.28. The summed E-state index contributed by atoms with van der Waals surface area (Å²) in [5.74, 6) is 0.975. The van der Waals surface area contributed by atoms with Crippen LogP contribution in [-0.2, 0) is 0 Å². The van der Waals surface area contributed by atoms with Gasteiger partial charge >= 0.3 is 0 Å². The average Bonchev–Trinajstić information content (AvgIpc) is 3.23. The van der Waals surface area contributed by atoms with Crippen molar-refractivity contribution >= 4 is 40.2 Å². The number of anilines is 3. The molecule has 0 aliphatic carbocycles. The smallest absolute Gasteiger partial charge is 0.128 e. The van der Waals surface area contributed by atoms with Crippen LogP contribution in [0.4, 0.5) is 17.2 Å². The third kappa shape index (κ3) is 4.61. The molecule has 1 aliphatic heterocycles. The molecule has 30 heavy (non-hydrogen) atoms. The second-order valence-corrected chi connectivity index (χ2v) is 7.34. The standard InChI is InChI=1S/C21H23ClN8/c1-14(16-9-17(22)11-24-10-16)28-19-13-26-29-21(19)15(2)27-18-3-4-20(25-12-18)30-7-5-23-6-8-30/h3-4,9-13,23,27-28H,1-2,5-8H2,(H,26,29). The van der Waals surface area contributed by atoms with Crippen molar-refractivity contribution in [3.05, 3.63) is 72.4 Å². The Hall–Kier alpha value is -3.36. The summed E-state index contributed by atoms with van der Waals surface area (Å²) in [7, 11) is 0. The highest BCUT2D eigenvalue weighted by atomic mass is 35.5. The summed E-state index contributed by atoms with van der Waals surface area (Å²) in [6.45, 7) is 12.1. The number of hydrogen-bond donors (Lipinski definition) is 4. The number of H-pyrrole nitrogens is 1. The minimum atomic E-state index is 0.547. The topological polar surface area (TPSA) is 93.8 Å². The lowest BCUT2D eigenvalue weighted by Crippen LogP contribution is -2.43. The van der Waals surface area contributed by atoms with E-state index in [1.165, 1.54) is 0 Å². The lowest BCUT2D eigenvalue weighted by atomic mass is 10.2. The first-order chi connectivity index (χ1) is 14.6. The second-order valence-electron chi connectivity index (χ2n) is 6.90. The van der Waals surface area contributed by atoms with E-state index in [-0.39, 0.29) is 0 Å². The van der Waals surface area contributed by atoms with Crippen molar-refractivity contribution in [3.63, 3.8) is 0 Å². The Balaban J connectivity index is 1.42. The van der Waals surface area contributed by atoms with Gasteiger partial charge in [0, 0.05) is 49.8 Å². The predicted octanol–water partition coefficient (Wildman–Crippen LogP) is 3.43. The van der Waals surface area contributed by atoms with E-state index in [9.17, 15) is 0 Å². The molecule has 154 valence electrons. The zero-order valence-corrected chi connectivity index (χ0v) is 17.2. The van der Waals surface area contributed by atoms with E-state index in [2.05, 4.69) is 54.2 Å². The molecule has 3 aromatic rings. The highest BCUT2D eigenvalue weighted by molar-refractivity contribution is 6.30.